The third-order valence-electron chi connectivity index (χ3n) is 7.33. The molecular formula is C27H29ClF2N7O2+. The van der Waals surface area contributed by atoms with Gasteiger partial charge in [0, 0.05) is 49.0 Å². The molecule has 1 aromatic heterocycles. The highest BCUT2D eigenvalue weighted by Gasteiger charge is 2.35. The summed E-state index contributed by atoms with van der Waals surface area (Å²) in [5.41, 5.74) is 0.587. The van der Waals surface area contributed by atoms with Gasteiger partial charge < -0.3 is 15.0 Å². The molecule has 1 atom stereocenters. The Morgan fingerprint density at radius 2 is 1.97 bits per heavy atom. The molecule has 204 valence electrons. The van der Waals surface area contributed by atoms with Crippen molar-refractivity contribution in [3.8, 4) is 11.8 Å². The summed E-state index contributed by atoms with van der Waals surface area (Å²) in [6.45, 7) is 2.27. The Balaban J connectivity index is 1.35. The number of hydrogen-bond acceptors (Lipinski definition) is 8. The minimum atomic E-state index is -0.586. The van der Waals surface area contributed by atoms with Crippen LogP contribution in [0.4, 0.5) is 26.2 Å². The number of amides is 1. The SMILES string of the molecule is COc1cc2nc(N3CCC([NH2+]C(=O)C4CCCN4CC#N)CC3)nc(Nc3ccc(Cl)cc3F)c2cc1F. The van der Waals surface area contributed by atoms with Crippen LogP contribution in [-0.2, 0) is 4.79 Å². The van der Waals surface area contributed by atoms with Crippen LogP contribution >= 0.6 is 11.6 Å². The lowest BCUT2D eigenvalue weighted by Crippen LogP contribution is -2.96. The van der Waals surface area contributed by atoms with E-state index in [0.29, 0.717) is 29.9 Å². The lowest BCUT2D eigenvalue weighted by atomic mass is 10.0. The number of ether oxygens (including phenoxy) is 1. The number of anilines is 3. The molecule has 9 nitrogen and oxygen atoms in total. The van der Waals surface area contributed by atoms with E-state index in [1.807, 2.05) is 15.1 Å². The third-order valence-corrected chi connectivity index (χ3v) is 7.57. The van der Waals surface area contributed by atoms with Crippen LogP contribution in [0.2, 0.25) is 5.02 Å². The van der Waals surface area contributed by atoms with Gasteiger partial charge in [0.2, 0.25) is 5.95 Å². The number of methoxy groups -OCH3 is 1. The maximum atomic E-state index is 14.6. The quantitative estimate of drug-likeness (QED) is 0.426. The van der Waals surface area contributed by atoms with Crippen molar-refractivity contribution in [2.24, 2.45) is 0 Å². The van der Waals surface area contributed by atoms with E-state index >= 15 is 0 Å². The maximum absolute atomic E-state index is 14.6. The number of nitriles is 1. The van der Waals surface area contributed by atoms with Crippen molar-refractivity contribution in [3.05, 3.63) is 47.0 Å². The van der Waals surface area contributed by atoms with Crippen LogP contribution in [0.15, 0.2) is 30.3 Å². The summed E-state index contributed by atoms with van der Waals surface area (Å²) in [4.78, 5) is 26.2. The highest BCUT2D eigenvalue weighted by atomic mass is 35.5. The monoisotopic (exact) mass is 556 g/mol. The highest BCUT2D eigenvalue weighted by Crippen LogP contribution is 2.32. The van der Waals surface area contributed by atoms with E-state index < -0.39 is 11.6 Å². The number of nitrogens with two attached hydrogens (primary N) is 1. The van der Waals surface area contributed by atoms with Crippen molar-refractivity contribution in [3.63, 3.8) is 0 Å². The van der Waals surface area contributed by atoms with Crippen molar-refractivity contribution in [1.82, 2.24) is 14.9 Å². The Hall–Kier alpha value is -3.59. The van der Waals surface area contributed by atoms with Crippen LogP contribution < -0.4 is 20.3 Å². The van der Waals surface area contributed by atoms with E-state index in [1.54, 1.807) is 6.07 Å². The number of primary amides is 1. The third kappa shape index (κ3) is 5.88. The number of fused-ring (bicyclic) bond motifs is 1. The van der Waals surface area contributed by atoms with Crippen LogP contribution in [0.3, 0.4) is 0 Å². The molecule has 0 bridgehead atoms. The summed E-state index contributed by atoms with van der Waals surface area (Å²) in [5, 5.41) is 14.5. The molecule has 1 unspecified atom stereocenters. The molecule has 2 aliphatic rings. The normalized spacial score (nSPS) is 18.3. The van der Waals surface area contributed by atoms with Crippen LogP contribution in [0.1, 0.15) is 25.7 Å². The minimum absolute atomic E-state index is 0.0416. The van der Waals surface area contributed by atoms with Crippen LogP contribution in [0.25, 0.3) is 10.9 Å². The summed E-state index contributed by atoms with van der Waals surface area (Å²) in [6, 6.07) is 9.05. The van der Waals surface area contributed by atoms with Gasteiger partial charge in [-0.1, -0.05) is 11.6 Å². The van der Waals surface area contributed by atoms with Crippen LogP contribution in [0, 0.1) is 23.0 Å². The molecule has 3 N–H and O–H groups in total. The Morgan fingerprint density at radius 3 is 2.69 bits per heavy atom. The average Bonchev–Trinajstić information content (AvgIpc) is 3.39. The number of quaternary nitrogens is 1. The predicted octanol–water partition coefficient (Wildman–Crippen LogP) is 3.36. The number of aromatic nitrogens is 2. The number of likely N-dealkylation sites (tertiary alicyclic amines) is 1. The van der Waals surface area contributed by atoms with Gasteiger partial charge in [-0.25, -0.2) is 18.6 Å². The van der Waals surface area contributed by atoms with Gasteiger partial charge >= 0.3 is 5.91 Å². The summed E-state index contributed by atoms with van der Waals surface area (Å²) >= 11 is 5.89. The molecule has 2 saturated heterocycles. The summed E-state index contributed by atoms with van der Waals surface area (Å²) < 4.78 is 34.3. The molecule has 0 radical (unpaired) electrons. The first-order valence-electron chi connectivity index (χ1n) is 12.9. The van der Waals surface area contributed by atoms with Gasteiger partial charge in [-0.2, -0.15) is 10.2 Å². The molecule has 5 rings (SSSR count). The molecule has 0 aliphatic carbocycles. The summed E-state index contributed by atoms with van der Waals surface area (Å²) in [5.74, 6) is -0.359. The molecule has 39 heavy (non-hydrogen) atoms. The number of benzene rings is 2. The summed E-state index contributed by atoms with van der Waals surface area (Å²) in [6.07, 6.45) is 3.18. The number of rotatable bonds is 7. The number of halogens is 3. The van der Waals surface area contributed by atoms with E-state index in [9.17, 15) is 13.6 Å². The fourth-order valence-electron chi connectivity index (χ4n) is 5.27. The fraction of sp³-hybridized carbons (Fsp3) is 0.407. The van der Waals surface area contributed by atoms with Gasteiger partial charge in [0.05, 0.1) is 37.0 Å². The highest BCUT2D eigenvalue weighted by molar-refractivity contribution is 6.30. The van der Waals surface area contributed by atoms with Crippen molar-refractivity contribution in [2.75, 3.05) is 43.5 Å². The molecule has 12 heteroatoms. The van der Waals surface area contributed by atoms with Crippen molar-refractivity contribution >= 4 is 45.9 Å². The second-order valence-electron chi connectivity index (χ2n) is 9.81. The van der Waals surface area contributed by atoms with Gasteiger partial charge in [-0.3, -0.25) is 10.2 Å². The second kappa shape index (κ2) is 11.7. The average molecular weight is 557 g/mol. The number of nitrogens with zero attached hydrogens (tertiary/aromatic N) is 5. The molecule has 2 aliphatic heterocycles. The first-order chi connectivity index (χ1) is 18.9. The van der Waals surface area contributed by atoms with Gasteiger partial charge in [-0.15, -0.1) is 0 Å². The largest absolute Gasteiger partial charge is 0.494 e. The number of nitrogens with one attached hydrogen (secondary N) is 1. The van der Waals surface area contributed by atoms with E-state index in [2.05, 4.69) is 21.4 Å². The number of hydrogen-bond donors (Lipinski definition) is 2. The first-order valence-corrected chi connectivity index (χ1v) is 13.3. The molecule has 3 heterocycles. The fourth-order valence-corrected chi connectivity index (χ4v) is 5.43. The lowest BCUT2D eigenvalue weighted by molar-refractivity contribution is -0.609. The molecular weight excluding hydrogens is 528 g/mol. The first kappa shape index (κ1) is 27.0. The van der Waals surface area contributed by atoms with Crippen LogP contribution in [-0.4, -0.2) is 66.1 Å². The Labute approximate surface area is 229 Å². The topological polar surface area (TPSA) is 111 Å². The molecule has 2 aromatic carbocycles. The van der Waals surface area contributed by atoms with Gasteiger partial charge in [0.25, 0.3) is 0 Å². The van der Waals surface area contributed by atoms with E-state index in [0.717, 1.165) is 32.2 Å². The zero-order valence-electron chi connectivity index (χ0n) is 21.5. The smallest absolute Gasteiger partial charge is 0.327 e. The molecule has 0 saturated carbocycles. The number of piperidine rings is 1. The molecule has 3 aromatic rings. The standard InChI is InChI=1S/C27H28ClF2N7O2/c1-39-24-15-22-18(14-20(24)30)25(33-21-5-4-16(28)13-19(21)29)35-27(34-22)37-10-6-17(7-11-37)32-26(38)23-3-2-9-36(23)12-8-31/h4-5,13-15,17,23H,2-3,6-7,9-12H2,1H3,(H,32,38)(H,33,34,35)/p+1. The molecule has 0 spiro atoms. The van der Waals surface area contributed by atoms with Crippen LogP contribution in [0.5, 0.6) is 5.75 Å². The number of carbonyl (C=O) groups excluding carboxylic acids is 1. The van der Waals surface area contributed by atoms with Crippen molar-refractivity contribution < 1.29 is 23.6 Å². The zero-order chi connectivity index (χ0) is 27.5. The minimum Gasteiger partial charge on any atom is -0.494 e. The molecule has 1 amide bonds. The second-order valence-corrected chi connectivity index (χ2v) is 10.2. The van der Waals surface area contributed by atoms with Crippen molar-refractivity contribution in [1.29, 1.82) is 5.26 Å². The lowest BCUT2D eigenvalue weighted by Gasteiger charge is -2.31. The Morgan fingerprint density at radius 1 is 1.18 bits per heavy atom. The van der Waals surface area contributed by atoms with E-state index in [4.69, 9.17) is 21.6 Å². The Bertz CT molecular complexity index is 1430. The predicted molar refractivity (Wildman–Crippen MR) is 143 cm³/mol. The van der Waals surface area contributed by atoms with Gasteiger partial charge in [-0.05, 0) is 37.1 Å². The zero-order valence-corrected chi connectivity index (χ0v) is 22.2. The van der Waals surface area contributed by atoms with E-state index in [1.165, 1.54) is 31.4 Å². The maximum Gasteiger partial charge on any atom is 0.327 e. The van der Waals surface area contributed by atoms with E-state index in [-0.39, 0.29) is 46.8 Å². The number of carbonyl (C=O) groups is 1. The summed E-state index contributed by atoms with van der Waals surface area (Å²) in [7, 11) is 1.38. The van der Waals surface area contributed by atoms with Gasteiger partial charge in [0.15, 0.2) is 11.6 Å². The van der Waals surface area contributed by atoms with Crippen molar-refractivity contribution in [2.45, 2.75) is 37.8 Å². The Kier molecular flexibility index (Phi) is 8.07. The molecule has 2 fully saturated rings. The van der Waals surface area contributed by atoms with Gasteiger partial charge in [0.1, 0.15) is 17.7 Å².